The molecular formula is C22H20ClNO9P2. The minimum absolute atomic E-state index is 0.000368. The summed E-state index contributed by atoms with van der Waals surface area (Å²) in [4.78, 5) is 36.9. The molecule has 10 nitrogen and oxygen atoms in total. The number of pyridine rings is 1. The summed E-state index contributed by atoms with van der Waals surface area (Å²) in [6.07, 6.45) is 0.182. The monoisotopic (exact) mass is 539 g/mol. The Morgan fingerprint density at radius 1 is 1.03 bits per heavy atom. The third kappa shape index (κ3) is 5.40. The largest absolute Gasteiger partial charge is 0.425 e. The smallest absolute Gasteiger partial charge is 0.374 e. The Morgan fingerprint density at radius 2 is 1.69 bits per heavy atom. The van der Waals surface area contributed by atoms with Gasteiger partial charge in [-0.1, -0.05) is 54.1 Å². The lowest BCUT2D eigenvalue weighted by atomic mass is 10.1. The molecule has 2 heterocycles. The van der Waals surface area contributed by atoms with E-state index in [9.17, 15) is 28.8 Å². The Kier molecular flexibility index (Phi) is 7.29. The summed E-state index contributed by atoms with van der Waals surface area (Å²) in [6.45, 7) is 0. The highest BCUT2D eigenvalue weighted by Gasteiger charge is 2.67. The third-order valence-corrected chi connectivity index (χ3v) is 10.1. The van der Waals surface area contributed by atoms with Gasteiger partial charge in [0.25, 0.3) is 5.08 Å². The lowest BCUT2D eigenvalue weighted by molar-refractivity contribution is -0.133. The zero-order valence-corrected chi connectivity index (χ0v) is 20.5. The summed E-state index contributed by atoms with van der Waals surface area (Å²) in [5.74, 6) is -0.573. The molecule has 0 bridgehead atoms. The highest BCUT2D eigenvalue weighted by molar-refractivity contribution is 7.73. The average Bonchev–Trinajstić information content (AvgIpc) is 2.80. The van der Waals surface area contributed by atoms with Crippen LogP contribution in [0.25, 0.3) is 0 Å². The number of benzene rings is 2. The highest BCUT2D eigenvalue weighted by Crippen LogP contribution is 2.79. The number of aliphatic hydroxyl groups is 1. The molecule has 1 aromatic heterocycles. The van der Waals surface area contributed by atoms with Gasteiger partial charge in [-0.3, -0.25) is 28.0 Å². The molecule has 0 aliphatic carbocycles. The maximum atomic E-state index is 12.9. The number of hydrogen-bond donors (Lipinski definition) is 3. The van der Waals surface area contributed by atoms with Gasteiger partial charge in [0.2, 0.25) is 6.29 Å². The number of halogens is 1. The number of aromatic nitrogens is 1. The summed E-state index contributed by atoms with van der Waals surface area (Å²) in [7, 11) is -10.3. The zero-order chi connectivity index (χ0) is 25.3. The Hall–Kier alpha value is -2.39. The summed E-state index contributed by atoms with van der Waals surface area (Å²) in [6, 6.07) is 15.6. The molecule has 2 aromatic carbocycles. The van der Waals surface area contributed by atoms with E-state index in [1.807, 2.05) is 6.07 Å². The fourth-order valence-electron chi connectivity index (χ4n) is 3.37. The molecular weight excluding hydrogens is 520 g/mol. The molecule has 13 heteroatoms. The van der Waals surface area contributed by atoms with Gasteiger partial charge < -0.3 is 19.6 Å². The van der Waals surface area contributed by atoms with Crippen LogP contribution in [0.3, 0.4) is 0 Å². The highest BCUT2D eigenvalue weighted by atomic mass is 35.5. The van der Waals surface area contributed by atoms with Crippen molar-refractivity contribution in [3.05, 3.63) is 94.8 Å². The predicted octanol–water partition coefficient (Wildman–Crippen LogP) is 4.19. The van der Waals surface area contributed by atoms with Crippen LogP contribution in [0.4, 0.5) is 0 Å². The van der Waals surface area contributed by atoms with E-state index in [1.54, 1.807) is 24.3 Å². The van der Waals surface area contributed by atoms with E-state index in [4.69, 9.17) is 25.4 Å². The first-order valence-electron chi connectivity index (χ1n) is 10.2. The van der Waals surface area contributed by atoms with Crippen molar-refractivity contribution in [2.24, 2.45) is 0 Å². The van der Waals surface area contributed by atoms with E-state index in [-0.39, 0.29) is 28.3 Å². The molecule has 1 aliphatic heterocycles. The average molecular weight is 540 g/mol. The molecule has 1 aliphatic rings. The summed E-state index contributed by atoms with van der Waals surface area (Å²) in [5, 5.41) is 7.59. The van der Waals surface area contributed by atoms with Crippen LogP contribution in [0, 0.1) is 0 Å². The molecule has 35 heavy (non-hydrogen) atoms. The number of nitrogens with zero attached hydrogens (tertiary/aromatic N) is 1. The molecule has 4 rings (SSSR count). The summed E-state index contributed by atoms with van der Waals surface area (Å²) < 4.78 is 41.2. The maximum absolute atomic E-state index is 12.9. The number of rotatable bonds is 6. The Morgan fingerprint density at radius 3 is 2.29 bits per heavy atom. The first-order valence-corrected chi connectivity index (χ1v) is 13.7. The van der Waals surface area contributed by atoms with Gasteiger partial charge in [0.15, 0.2) is 0 Å². The van der Waals surface area contributed by atoms with Crippen molar-refractivity contribution in [1.82, 2.24) is 4.98 Å². The number of hydrogen-bond acceptors (Lipinski definition) is 8. The zero-order valence-electron chi connectivity index (χ0n) is 17.9. The first kappa shape index (κ1) is 25.7. The van der Waals surface area contributed by atoms with Crippen LogP contribution >= 0.6 is 26.8 Å². The molecule has 2 unspecified atom stereocenters. The van der Waals surface area contributed by atoms with Gasteiger partial charge in [-0.05, 0) is 29.3 Å². The Bertz CT molecular complexity index is 1300. The minimum atomic E-state index is -5.14. The van der Waals surface area contributed by atoms with E-state index in [2.05, 4.69) is 4.98 Å². The van der Waals surface area contributed by atoms with Gasteiger partial charge >= 0.3 is 21.2 Å². The van der Waals surface area contributed by atoms with Gasteiger partial charge in [-0.15, -0.1) is 0 Å². The fraction of sp³-hybridized carbons (Fsp3) is 0.182. The molecule has 3 aromatic rings. The molecule has 0 spiro atoms. The van der Waals surface area contributed by atoms with Crippen molar-refractivity contribution in [3.8, 4) is 5.75 Å². The van der Waals surface area contributed by atoms with Crippen LogP contribution < -0.4 is 4.74 Å². The number of carbonyl (C=O) groups excluding carboxylic acids is 1. The van der Waals surface area contributed by atoms with Crippen LogP contribution in [0.1, 0.15) is 23.0 Å². The van der Waals surface area contributed by atoms with E-state index in [0.717, 1.165) is 5.56 Å². The van der Waals surface area contributed by atoms with Crippen molar-refractivity contribution in [1.29, 1.82) is 0 Å². The number of carbonyl (C=O) groups is 1. The van der Waals surface area contributed by atoms with Gasteiger partial charge in [-0.25, -0.2) is 0 Å². The molecule has 2 atom stereocenters. The number of esters is 1. The quantitative estimate of drug-likeness (QED) is 0.236. The van der Waals surface area contributed by atoms with Crippen molar-refractivity contribution < 1.29 is 42.6 Å². The van der Waals surface area contributed by atoms with Crippen molar-refractivity contribution in [3.63, 3.8) is 0 Å². The van der Waals surface area contributed by atoms with Crippen LogP contribution in [0.15, 0.2) is 73.1 Å². The molecule has 3 N–H and O–H groups in total. The minimum Gasteiger partial charge on any atom is -0.425 e. The fourth-order valence-corrected chi connectivity index (χ4v) is 7.18. The maximum Gasteiger partial charge on any atom is 0.374 e. The van der Waals surface area contributed by atoms with Crippen molar-refractivity contribution in [2.45, 2.75) is 24.2 Å². The topological polar surface area (TPSA) is 152 Å². The normalized spacial score (nSPS) is 28.4. The SMILES string of the molecule is O=C(Cc1ccccc1)Oc1ccc(C2OP(=O)(O)C(O)(Cc3cccnc3)P(=O)(O)O2)cc1Cl. The Balaban J connectivity index is 1.52. The second-order valence-corrected chi connectivity index (χ2v) is 12.5. The van der Waals surface area contributed by atoms with E-state index >= 15 is 0 Å². The van der Waals surface area contributed by atoms with Crippen molar-refractivity contribution >= 4 is 32.8 Å². The molecule has 1 fully saturated rings. The van der Waals surface area contributed by atoms with Crippen LogP contribution in [0.2, 0.25) is 5.02 Å². The van der Waals surface area contributed by atoms with Gasteiger partial charge in [0.05, 0.1) is 11.4 Å². The second kappa shape index (κ2) is 9.93. The summed E-state index contributed by atoms with van der Waals surface area (Å²) in [5.41, 5.74) is 0.948. The van der Waals surface area contributed by atoms with Gasteiger partial charge in [0, 0.05) is 24.4 Å². The van der Waals surface area contributed by atoms with E-state index in [0.29, 0.717) is 0 Å². The molecule has 0 radical (unpaired) electrons. The molecule has 1 saturated heterocycles. The van der Waals surface area contributed by atoms with Crippen LogP contribution in [-0.4, -0.2) is 30.9 Å². The first-order chi connectivity index (χ1) is 16.5. The Labute approximate surface area is 205 Å². The van der Waals surface area contributed by atoms with E-state index in [1.165, 1.54) is 42.7 Å². The third-order valence-electron chi connectivity index (χ3n) is 5.19. The summed E-state index contributed by atoms with van der Waals surface area (Å²) >= 11 is 6.19. The number of ether oxygens (including phenoxy) is 1. The lowest BCUT2D eigenvalue weighted by Gasteiger charge is -2.41. The molecule has 184 valence electrons. The van der Waals surface area contributed by atoms with E-state index < -0.39 is 39.0 Å². The lowest BCUT2D eigenvalue weighted by Crippen LogP contribution is -2.37. The second-order valence-electron chi connectivity index (χ2n) is 7.72. The standard InChI is InChI=1S/C22H20ClNO9P2/c23-18-12-17(8-9-19(18)31-20(25)11-15-5-2-1-3-6-15)21-32-34(27,28)22(26,35(29,30)33-21)13-16-7-4-10-24-14-16/h1-10,12,14,21,26H,11,13H2,(H,27,28)(H,29,30). The van der Waals surface area contributed by atoms with Gasteiger partial charge in [0.1, 0.15) is 5.75 Å². The van der Waals surface area contributed by atoms with Gasteiger partial charge in [-0.2, -0.15) is 0 Å². The van der Waals surface area contributed by atoms with Crippen molar-refractivity contribution in [2.75, 3.05) is 0 Å². The molecule has 0 amide bonds. The molecule has 0 saturated carbocycles. The predicted molar refractivity (Wildman–Crippen MR) is 125 cm³/mol. The van der Waals surface area contributed by atoms with Crippen LogP contribution in [0.5, 0.6) is 5.75 Å². The van der Waals surface area contributed by atoms with Crippen LogP contribution in [-0.2, 0) is 35.8 Å².